The smallest absolute Gasteiger partial charge is 0.253 e. The molecule has 5 nitrogen and oxygen atoms in total. The van der Waals surface area contributed by atoms with Crippen LogP contribution in [-0.2, 0) is 4.79 Å². The number of rotatable bonds is 4. The first-order chi connectivity index (χ1) is 9.61. The summed E-state index contributed by atoms with van der Waals surface area (Å²) >= 11 is 0. The van der Waals surface area contributed by atoms with Crippen molar-refractivity contribution in [2.75, 3.05) is 19.4 Å². The van der Waals surface area contributed by atoms with Crippen LogP contribution in [0.1, 0.15) is 37.6 Å². The van der Waals surface area contributed by atoms with Gasteiger partial charge in [-0.1, -0.05) is 20.8 Å². The molecule has 1 unspecified atom stereocenters. The van der Waals surface area contributed by atoms with Gasteiger partial charge in [0.25, 0.3) is 5.91 Å². The Morgan fingerprint density at radius 1 is 1.19 bits per heavy atom. The van der Waals surface area contributed by atoms with Crippen molar-refractivity contribution in [2.24, 2.45) is 11.1 Å². The summed E-state index contributed by atoms with van der Waals surface area (Å²) in [5.74, 6) is -0.188. The molecule has 3 N–H and O–H groups in total. The van der Waals surface area contributed by atoms with Crippen molar-refractivity contribution in [3.8, 4) is 0 Å². The molecular formula is C16H25N3O2. The predicted octanol–water partition coefficient (Wildman–Crippen LogP) is 2.09. The van der Waals surface area contributed by atoms with Gasteiger partial charge in [-0.2, -0.15) is 0 Å². The Morgan fingerprint density at radius 2 is 1.71 bits per heavy atom. The Balaban J connectivity index is 2.64. The molecule has 0 spiro atoms. The second-order valence-corrected chi connectivity index (χ2v) is 6.50. The minimum atomic E-state index is -0.202. The zero-order valence-electron chi connectivity index (χ0n) is 13.4. The molecule has 2 amide bonds. The van der Waals surface area contributed by atoms with E-state index in [9.17, 15) is 9.59 Å². The van der Waals surface area contributed by atoms with Gasteiger partial charge in [-0.25, -0.2) is 0 Å². The SMILES string of the molecule is CN(C)C(=O)c1ccc(NC(=O)CC(N)C(C)(C)C)cc1. The third-order valence-electron chi connectivity index (χ3n) is 3.34. The normalized spacial score (nSPS) is 12.7. The molecule has 1 aromatic carbocycles. The number of nitrogens with two attached hydrogens (primary N) is 1. The number of hydrogen-bond acceptors (Lipinski definition) is 3. The Kier molecular flexibility index (Phi) is 5.49. The van der Waals surface area contributed by atoms with Gasteiger partial charge in [0.2, 0.25) is 5.91 Å². The molecule has 0 saturated carbocycles. The number of amides is 2. The maximum atomic E-state index is 11.9. The van der Waals surface area contributed by atoms with Crippen LogP contribution >= 0.6 is 0 Å². The Hall–Kier alpha value is -1.88. The van der Waals surface area contributed by atoms with Gasteiger partial charge in [-0.15, -0.1) is 0 Å². The van der Waals surface area contributed by atoms with Crippen LogP contribution in [0.25, 0.3) is 0 Å². The molecule has 116 valence electrons. The highest BCUT2D eigenvalue weighted by Gasteiger charge is 2.23. The van der Waals surface area contributed by atoms with Crippen molar-refractivity contribution in [1.29, 1.82) is 0 Å². The topological polar surface area (TPSA) is 75.4 Å². The predicted molar refractivity (Wildman–Crippen MR) is 85.1 cm³/mol. The Labute approximate surface area is 126 Å². The minimum absolute atomic E-state index is 0.0670. The van der Waals surface area contributed by atoms with E-state index < -0.39 is 0 Å². The lowest BCUT2D eigenvalue weighted by atomic mass is 9.85. The van der Waals surface area contributed by atoms with Gasteiger partial charge in [0.05, 0.1) is 0 Å². The zero-order valence-corrected chi connectivity index (χ0v) is 13.4. The van der Waals surface area contributed by atoms with E-state index in [1.807, 2.05) is 20.8 Å². The number of carbonyl (C=O) groups excluding carboxylic acids is 2. The summed E-state index contributed by atoms with van der Waals surface area (Å²) in [6.07, 6.45) is 0.266. The van der Waals surface area contributed by atoms with Crippen LogP contribution in [0.15, 0.2) is 24.3 Å². The Morgan fingerprint density at radius 3 is 2.14 bits per heavy atom. The minimum Gasteiger partial charge on any atom is -0.345 e. The van der Waals surface area contributed by atoms with Crippen LogP contribution in [0.4, 0.5) is 5.69 Å². The molecule has 0 saturated heterocycles. The number of benzene rings is 1. The maximum Gasteiger partial charge on any atom is 0.253 e. The molecule has 1 atom stereocenters. The molecule has 0 fully saturated rings. The monoisotopic (exact) mass is 291 g/mol. The van der Waals surface area contributed by atoms with Gasteiger partial charge in [-0.3, -0.25) is 9.59 Å². The van der Waals surface area contributed by atoms with Gasteiger partial charge in [-0.05, 0) is 29.7 Å². The molecule has 0 aliphatic carbocycles. The largest absolute Gasteiger partial charge is 0.345 e. The van der Waals surface area contributed by atoms with Crippen LogP contribution < -0.4 is 11.1 Å². The molecule has 0 bridgehead atoms. The second-order valence-electron chi connectivity index (χ2n) is 6.50. The molecule has 0 aliphatic heterocycles. The fraction of sp³-hybridized carbons (Fsp3) is 0.500. The van der Waals surface area contributed by atoms with Gasteiger partial charge in [0.15, 0.2) is 0 Å². The molecule has 0 aromatic heterocycles. The van der Waals surface area contributed by atoms with E-state index in [0.29, 0.717) is 11.3 Å². The third kappa shape index (κ3) is 5.19. The van der Waals surface area contributed by atoms with Crippen molar-refractivity contribution in [3.63, 3.8) is 0 Å². The average molecular weight is 291 g/mol. The number of hydrogen-bond donors (Lipinski definition) is 2. The first-order valence-electron chi connectivity index (χ1n) is 6.98. The number of anilines is 1. The van der Waals surface area contributed by atoms with E-state index in [1.54, 1.807) is 38.4 Å². The fourth-order valence-electron chi connectivity index (χ4n) is 1.67. The van der Waals surface area contributed by atoms with E-state index in [2.05, 4.69) is 5.32 Å². The average Bonchev–Trinajstić information content (AvgIpc) is 2.37. The van der Waals surface area contributed by atoms with Crippen molar-refractivity contribution < 1.29 is 9.59 Å². The summed E-state index contributed by atoms with van der Waals surface area (Å²) in [5, 5.41) is 2.80. The lowest BCUT2D eigenvalue weighted by Crippen LogP contribution is -2.38. The van der Waals surface area contributed by atoms with Crippen molar-refractivity contribution >= 4 is 17.5 Å². The van der Waals surface area contributed by atoms with Crippen LogP contribution in [0.2, 0.25) is 0 Å². The van der Waals surface area contributed by atoms with Crippen molar-refractivity contribution in [3.05, 3.63) is 29.8 Å². The highest BCUT2D eigenvalue weighted by molar-refractivity contribution is 5.95. The van der Waals surface area contributed by atoms with Gasteiger partial charge in [0.1, 0.15) is 0 Å². The quantitative estimate of drug-likeness (QED) is 0.892. The van der Waals surface area contributed by atoms with Gasteiger partial charge < -0.3 is 16.0 Å². The molecule has 0 aliphatic rings. The summed E-state index contributed by atoms with van der Waals surface area (Å²) in [6.45, 7) is 6.02. The first kappa shape index (κ1) is 17.2. The summed E-state index contributed by atoms with van der Waals surface area (Å²) in [4.78, 5) is 25.2. The number of nitrogens with one attached hydrogen (secondary N) is 1. The molecular weight excluding hydrogens is 266 g/mol. The van der Waals surface area contributed by atoms with Gasteiger partial charge in [0, 0.05) is 37.8 Å². The second kappa shape index (κ2) is 6.72. The number of carbonyl (C=O) groups is 2. The summed E-state index contributed by atoms with van der Waals surface area (Å²) in [6, 6.07) is 6.63. The van der Waals surface area contributed by atoms with Crippen molar-refractivity contribution in [2.45, 2.75) is 33.2 Å². The van der Waals surface area contributed by atoms with Crippen LogP contribution in [0.5, 0.6) is 0 Å². The molecule has 21 heavy (non-hydrogen) atoms. The highest BCUT2D eigenvalue weighted by atomic mass is 16.2. The lowest BCUT2D eigenvalue weighted by molar-refractivity contribution is -0.117. The highest BCUT2D eigenvalue weighted by Crippen LogP contribution is 2.20. The van der Waals surface area contributed by atoms with E-state index in [-0.39, 0.29) is 29.7 Å². The maximum absolute atomic E-state index is 11.9. The standard InChI is InChI=1S/C16H25N3O2/c1-16(2,3)13(17)10-14(20)18-12-8-6-11(7-9-12)15(21)19(4)5/h6-9,13H,10,17H2,1-5H3,(H,18,20). The van der Waals surface area contributed by atoms with Crippen molar-refractivity contribution in [1.82, 2.24) is 4.90 Å². The van der Waals surface area contributed by atoms with Crippen LogP contribution in [0, 0.1) is 5.41 Å². The summed E-state index contributed by atoms with van der Waals surface area (Å²) in [7, 11) is 3.40. The van der Waals surface area contributed by atoms with E-state index >= 15 is 0 Å². The van der Waals surface area contributed by atoms with Gasteiger partial charge >= 0.3 is 0 Å². The first-order valence-corrected chi connectivity index (χ1v) is 6.98. The molecule has 5 heteroatoms. The van der Waals surface area contributed by atoms with Crippen LogP contribution in [0.3, 0.4) is 0 Å². The molecule has 1 aromatic rings. The third-order valence-corrected chi connectivity index (χ3v) is 3.34. The zero-order chi connectivity index (χ0) is 16.2. The summed E-state index contributed by atoms with van der Waals surface area (Å²) < 4.78 is 0. The van der Waals surface area contributed by atoms with Crippen LogP contribution in [-0.4, -0.2) is 36.9 Å². The molecule has 1 rings (SSSR count). The molecule has 0 radical (unpaired) electrons. The Bertz CT molecular complexity index is 501. The number of nitrogens with zero attached hydrogens (tertiary/aromatic N) is 1. The summed E-state index contributed by atoms with van der Waals surface area (Å²) in [5.41, 5.74) is 7.13. The fourth-order valence-corrected chi connectivity index (χ4v) is 1.67. The van der Waals surface area contributed by atoms with E-state index in [0.717, 1.165) is 0 Å². The lowest BCUT2D eigenvalue weighted by Gasteiger charge is -2.26. The van der Waals surface area contributed by atoms with E-state index in [1.165, 1.54) is 4.90 Å². The molecule has 0 heterocycles. The van der Waals surface area contributed by atoms with E-state index in [4.69, 9.17) is 5.73 Å².